The number of carboxylic acid groups (broad SMARTS) is 1. The van der Waals surface area contributed by atoms with E-state index in [1.54, 1.807) is 18.2 Å². The van der Waals surface area contributed by atoms with Crippen LogP contribution in [-0.4, -0.2) is 42.2 Å². The molecule has 17 heavy (non-hydrogen) atoms. The highest BCUT2D eigenvalue weighted by molar-refractivity contribution is 5.94. The Kier molecular flexibility index (Phi) is 3.64. The molecule has 0 amide bonds. The molecule has 2 rings (SSSR count). The Morgan fingerprint density at radius 2 is 2.18 bits per heavy atom. The maximum absolute atomic E-state index is 11.0. The predicted molar refractivity (Wildman–Crippen MR) is 67.5 cm³/mol. The van der Waals surface area contributed by atoms with Crippen LogP contribution >= 0.6 is 0 Å². The zero-order chi connectivity index (χ0) is 12.3. The summed E-state index contributed by atoms with van der Waals surface area (Å²) in [6.07, 6.45) is 2.59. The molecule has 0 aliphatic heterocycles. The van der Waals surface area contributed by atoms with Gasteiger partial charge in [0.25, 0.3) is 0 Å². The molecule has 0 radical (unpaired) electrons. The third kappa shape index (κ3) is 3.20. The van der Waals surface area contributed by atoms with Crippen molar-refractivity contribution < 1.29 is 9.90 Å². The van der Waals surface area contributed by atoms with Crippen molar-refractivity contribution in [2.45, 2.75) is 18.9 Å². The molecule has 0 unspecified atom stereocenters. The van der Waals surface area contributed by atoms with Crippen molar-refractivity contribution >= 4 is 11.7 Å². The van der Waals surface area contributed by atoms with Crippen molar-refractivity contribution in [3.8, 4) is 0 Å². The summed E-state index contributed by atoms with van der Waals surface area (Å²) < 4.78 is 0. The van der Waals surface area contributed by atoms with Crippen LogP contribution in [0.4, 0.5) is 5.69 Å². The first-order valence-electron chi connectivity index (χ1n) is 5.95. The highest BCUT2D eigenvalue weighted by atomic mass is 16.4. The normalized spacial score (nSPS) is 14.9. The molecule has 1 aliphatic rings. The predicted octanol–water partition coefficient (Wildman–Crippen LogP) is 1.89. The fourth-order valence-electron chi connectivity index (χ4n) is 1.89. The summed E-state index contributed by atoms with van der Waals surface area (Å²) >= 11 is 0. The Balaban J connectivity index is 1.87. The number of likely N-dealkylation sites (N-methyl/N-ethyl adjacent to an activating group) is 1. The average molecular weight is 234 g/mol. The van der Waals surface area contributed by atoms with Crippen LogP contribution in [0.2, 0.25) is 0 Å². The van der Waals surface area contributed by atoms with Gasteiger partial charge in [0.05, 0.1) is 5.56 Å². The van der Waals surface area contributed by atoms with Crippen LogP contribution in [0, 0.1) is 0 Å². The van der Waals surface area contributed by atoms with Gasteiger partial charge in [-0.1, -0.05) is 12.1 Å². The Bertz CT molecular complexity index is 402. The van der Waals surface area contributed by atoms with Crippen molar-refractivity contribution in [2.24, 2.45) is 0 Å². The van der Waals surface area contributed by atoms with E-state index < -0.39 is 5.97 Å². The highest BCUT2D eigenvalue weighted by Gasteiger charge is 2.25. The fourth-order valence-corrected chi connectivity index (χ4v) is 1.89. The topological polar surface area (TPSA) is 52.6 Å². The van der Waals surface area contributed by atoms with Gasteiger partial charge in [0.15, 0.2) is 0 Å². The second-order valence-corrected chi connectivity index (χ2v) is 4.49. The highest BCUT2D eigenvalue weighted by Crippen LogP contribution is 2.24. The van der Waals surface area contributed by atoms with Crippen molar-refractivity contribution in [1.29, 1.82) is 0 Å². The summed E-state index contributed by atoms with van der Waals surface area (Å²) in [6, 6.07) is 7.76. The van der Waals surface area contributed by atoms with Crippen LogP contribution in [0.1, 0.15) is 23.2 Å². The Morgan fingerprint density at radius 1 is 1.47 bits per heavy atom. The lowest BCUT2D eigenvalue weighted by Crippen LogP contribution is -2.27. The average Bonchev–Trinajstić information content (AvgIpc) is 3.13. The molecule has 1 aromatic rings. The lowest BCUT2D eigenvalue weighted by molar-refractivity contribution is 0.0698. The summed E-state index contributed by atoms with van der Waals surface area (Å²) in [5.74, 6) is -0.886. The quantitative estimate of drug-likeness (QED) is 0.789. The molecule has 92 valence electrons. The minimum absolute atomic E-state index is 0.335. The maximum Gasteiger partial charge on any atom is 0.337 e. The van der Waals surface area contributed by atoms with Crippen LogP contribution in [-0.2, 0) is 0 Å². The summed E-state index contributed by atoms with van der Waals surface area (Å²) in [6.45, 7) is 1.72. The first-order chi connectivity index (χ1) is 8.18. The van der Waals surface area contributed by atoms with E-state index in [4.69, 9.17) is 5.11 Å². The number of nitrogens with zero attached hydrogens (tertiary/aromatic N) is 1. The molecule has 4 nitrogen and oxygen atoms in total. The number of rotatable bonds is 6. The van der Waals surface area contributed by atoms with Crippen LogP contribution in [0.25, 0.3) is 0 Å². The minimum atomic E-state index is -0.886. The van der Waals surface area contributed by atoms with Gasteiger partial charge in [0.1, 0.15) is 0 Å². The smallest absolute Gasteiger partial charge is 0.337 e. The Labute approximate surface area is 101 Å². The molecule has 0 aromatic heterocycles. The molecule has 1 aromatic carbocycles. The van der Waals surface area contributed by atoms with Crippen molar-refractivity contribution in [3.05, 3.63) is 29.8 Å². The van der Waals surface area contributed by atoms with Gasteiger partial charge in [-0.05, 0) is 32.0 Å². The number of para-hydroxylation sites is 1. The first kappa shape index (κ1) is 11.9. The fraction of sp³-hybridized carbons (Fsp3) is 0.462. The van der Waals surface area contributed by atoms with E-state index in [1.165, 1.54) is 12.8 Å². The van der Waals surface area contributed by atoms with Gasteiger partial charge in [0.2, 0.25) is 0 Å². The van der Waals surface area contributed by atoms with E-state index in [9.17, 15) is 4.79 Å². The molecule has 0 spiro atoms. The third-order valence-corrected chi connectivity index (χ3v) is 3.11. The van der Waals surface area contributed by atoms with Gasteiger partial charge in [-0.3, -0.25) is 0 Å². The number of carbonyl (C=O) groups is 1. The van der Waals surface area contributed by atoms with E-state index >= 15 is 0 Å². The molecule has 0 bridgehead atoms. The zero-order valence-electron chi connectivity index (χ0n) is 10.0. The Morgan fingerprint density at radius 3 is 2.82 bits per heavy atom. The molecule has 1 aliphatic carbocycles. The molecule has 1 fully saturated rings. The number of benzene rings is 1. The van der Waals surface area contributed by atoms with Gasteiger partial charge >= 0.3 is 5.97 Å². The Hall–Kier alpha value is -1.55. The number of carboxylic acids is 1. The molecular formula is C13H18N2O2. The maximum atomic E-state index is 11.0. The summed E-state index contributed by atoms with van der Waals surface area (Å²) in [5.41, 5.74) is 1.03. The van der Waals surface area contributed by atoms with Crippen molar-refractivity contribution in [3.63, 3.8) is 0 Å². The second-order valence-electron chi connectivity index (χ2n) is 4.49. The largest absolute Gasteiger partial charge is 0.478 e. The van der Waals surface area contributed by atoms with Gasteiger partial charge in [-0.2, -0.15) is 0 Å². The van der Waals surface area contributed by atoms with Crippen molar-refractivity contribution in [1.82, 2.24) is 4.90 Å². The van der Waals surface area contributed by atoms with E-state index in [1.807, 2.05) is 6.07 Å². The van der Waals surface area contributed by atoms with E-state index in [0.29, 0.717) is 11.3 Å². The summed E-state index contributed by atoms with van der Waals surface area (Å²) in [4.78, 5) is 13.3. The van der Waals surface area contributed by atoms with Crippen LogP contribution in [0.5, 0.6) is 0 Å². The van der Waals surface area contributed by atoms with Gasteiger partial charge in [0, 0.05) is 24.8 Å². The monoisotopic (exact) mass is 234 g/mol. The van der Waals surface area contributed by atoms with Gasteiger partial charge in [-0.25, -0.2) is 4.79 Å². The minimum Gasteiger partial charge on any atom is -0.478 e. The zero-order valence-corrected chi connectivity index (χ0v) is 10.0. The molecular weight excluding hydrogens is 216 g/mol. The molecule has 0 atom stereocenters. The lowest BCUT2D eigenvalue weighted by Gasteiger charge is -2.16. The lowest BCUT2D eigenvalue weighted by atomic mass is 10.2. The molecule has 1 saturated carbocycles. The SMILES string of the molecule is CN(CCNc1ccccc1C(=O)O)C1CC1. The standard InChI is InChI=1S/C13H18N2O2/c1-15(10-6-7-10)9-8-14-12-5-3-2-4-11(12)13(16)17/h2-5,10,14H,6-9H2,1H3,(H,16,17). The van der Waals surface area contributed by atoms with E-state index in [-0.39, 0.29) is 0 Å². The number of nitrogens with one attached hydrogen (secondary N) is 1. The number of aromatic carboxylic acids is 1. The van der Waals surface area contributed by atoms with Gasteiger partial charge in [-0.15, -0.1) is 0 Å². The number of hydrogen-bond acceptors (Lipinski definition) is 3. The van der Waals surface area contributed by atoms with Crippen LogP contribution in [0.3, 0.4) is 0 Å². The molecule has 4 heteroatoms. The number of hydrogen-bond donors (Lipinski definition) is 2. The van der Waals surface area contributed by atoms with E-state index in [0.717, 1.165) is 19.1 Å². The van der Waals surface area contributed by atoms with Crippen molar-refractivity contribution in [2.75, 3.05) is 25.5 Å². The third-order valence-electron chi connectivity index (χ3n) is 3.11. The molecule has 2 N–H and O–H groups in total. The van der Waals surface area contributed by atoms with E-state index in [2.05, 4.69) is 17.3 Å². The van der Waals surface area contributed by atoms with Crippen LogP contribution in [0.15, 0.2) is 24.3 Å². The molecule has 0 saturated heterocycles. The van der Waals surface area contributed by atoms with Gasteiger partial charge < -0.3 is 15.3 Å². The first-order valence-corrected chi connectivity index (χ1v) is 5.95. The number of anilines is 1. The summed E-state index contributed by atoms with van der Waals surface area (Å²) in [5, 5.41) is 12.2. The second kappa shape index (κ2) is 5.19. The molecule has 0 heterocycles. The van der Waals surface area contributed by atoms with Crippen LogP contribution < -0.4 is 5.32 Å². The summed E-state index contributed by atoms with van der Waals surface area (Å²) in [7, 11) is 2.11.